The highest BCUT2D eigenvalue weighted by Crippen LogP contribution is 2.16. The van der Waals surface area contributed by atoms with Crippen molar-refractivity contribution in [3.8, 4) is 5.75 Å². The third kappa shape index (κ3) is 4.30. The summed E-state index contributed by atoms with van der Waals surface area (Å²) in [6.45, 7) is 7.75. The van der Waals surface area contributed by atoms with Crippen molar-refractivity contribution in [2.24, 2.45) is 0 Å². The quantitative estimate of drug-likeness (QED) is 0.567. The van der Waals surface area contributed by atoms with Gasteiger partial charge >= 0.3 is 5.97 Å². The zero-order chi connectivity index (χ0) is 15.0. The number of esters is 1. The van der Waals surface area contributed by atoms with Gasteiger partial charge in [-0.2, -0.15) is 0 Å². The summed E-state index contributed by atoms with van der Waals surface area (Å²) in [6, 6.07) is 7.58. The molecule has 0 unspecified atom stereocenters. The molecule has 0 saturated heterocycles. The van der Waals surface area contributed by atoms with Gasteiger partial charge in [-0.25, -0.2) is 4.79 Å². The Balaban J connectivity index is 3.06. The Morgan fingerprint density at radius 1 is 1.15 bits per heavy atom. The summed E-state index contributed by atoms with van der Waals surface area (Å²) in [4.78, 5) is 14.1. The number of ether oxygens (including phenoxy) is 2. The zero-order valence-electron chi connectivity index (χ0n) is 12.7. The molecule has 0 atom stereocenters. The maximum Gasteiger partial charge on any atom is 0.354 e. The number of hydrogen-bond donors (Lipinski definition) is 0. The SMILES string of the molecule is CCOC(=O)C(=Cc1ccc(OC)cc1)N(CC)CC. The van der Waals surface area contributed by atoms with Crippen LogP contribution in [0.1, 0.15) is 26.3 Å². The van der Waals surface area contributed by atoms with E-state index in [9.17, 15) is 4.79 Å². The molecule has 110 valence electrons. The van der Waals surface area contributed by atoms with Crippen LogP contribution >= 0.6 is 0 Å². The first kappa shape index (κ1) is 16.1. The molecule has 0 bridgehead atoms. The van der Waals surface area contributed by atoms with E-state index in [4.69, 9.17) is 9.47 Å². The molecule has 0 heterocycles. The molecule has 4 heteroatoms. The van der Waals surface area contributed by atoms with E-state index in [1.54, 1.807) is 7.11 Å². The van der Waals surface area contributed by atoms with Gasteiger partial charge in [0.25, 0.3) is 0 Å². The van der Waals surface area contributed by atoms with E-state index in [2.05, 4.69) is 0 Å². The largest absolute Gasteiger partial charge is 0.497 e. The van der Waals surface area contributed by atoms with Crippen molar-refractivity contribution in [3.63, 3.8) is 0 Å². The van der Waals surface area contributed by atoms with Crippen LogP contribution in [0.25, 0.3) is 6.08 Å². The van der Waals surface area contributed by atoms with E-state index in [0.29, 0.717) is 12.3 Å². The maximum absolute atomic E-state index is 12.1. The fourth-order valence-electron chi connectivity index (χ4n) is 1.91. The Kier molecular flexibility index (Phi) is 6.64. The predicted octanol–water partition coefficient (Wildman–Crippen LogP) is 2.94. The van der Waals surface area contributed by atoms with E-state index < -0.39 is 0 Å². The van der Waals surface area contributed by atoms with Crippen molar-refractivity contribution in [2.75, 3.05) is 26.8 Å². The first-order chi connectivity index (χ1) is 9.65. The lowest BCUT2D eigenvalue weighted by Crippen LogP contribution is -2.28. The molecule has 0 amide bonds. The Bertz CT molecular complexity index is 447. The van der Waals surface area contributed by atoms with Crippen molar-refractivity contribution in [1.29, 1.82) is 0 Å². The molecule has 0 saturated carbocycles. The molecule has 0 aliphatic heterocycles. The van der Waals surface area contributed by atoms with E-state index in [1.807, 2.05) is 56.0 Å². The number of carbonyl (C=O) groups excluding carboxylic acids is 1. The second-order valence-electron chi connectivity index (χ2n) is 4.20. The van der Waals surface area contributed by atoms with Crippen LogP contribution in [-0.4, -0.2) is 37.7 Å². The highest BCUT2D eigenvalue weighted by atomic mass is 16.5. The number of carbonyl (C=O) groups is 1. The smallest absolute Gasteiger partial charge is 0.354 e. The number of hydrogen-bond acceptors (Lipinski definition) is 4. The number of benzene rings is 1. The molecular formula is C16H23NO3. The maximum atomic E-state index is 12.1. The second kappa shape index (κ2) is 8.25. The second-order valence-corrected chi connectivity index (χ2v) is 4.20. The molecule has 0 fully saturated rings. The van der Waals surface area contributed by atoms with E-state index >= 15 is 0 Å². The molecule has 0 aromatic heterocycles. The van der Waals surface area contributed by atoms with E-state index in [1.165, 1.54) is 0 Å². The van der Waals surface area contributed by atoms with Gasteiger partial charge in [0.05, 0.1) is 13.7 Å². The summed E-state index contributed by atoms with van der Waals surface area (Å²) in [6.07, 6.45) is 1.85. The molecule has 1 rings (SSSR count). The molecule has 1 aromatic carbocycles. The van der Waals surface area contributed by atoms with Crippen LogP contribution in [0.3, 0.4) is 0 Å². The van der Waals surface area contributed by atoms with Crippen molar-refractivity contribution < 1.29 is 14.3 Å². The Morgan fingerprint density at radius 3 is 2.20 bits per heavy atom. The number of methoxy groups -OCH3 is 1. The van der Waals surface area contributed by atoms with Crippen LogP contribution in [0.15, 0.2) is 30.0 Å². The summed E-state index contributed by atoms with van der Waals surface area (Å²) < 4.78 is 10.3. The average molecular weight is 277 g/mol. The fraction of sp³-hybridized carbons (Fsp3) is 0.438. The number of nitrogens with zero attached hydrogens (tertiary/aromatic N) is 1. The number of rotatable bonds is 7. The molecule has 20 heavy (non-hydrogen) atoms. The minimum absolute atomic E-state index is 0.285. The highest BCUT2D eigenvalue weighted by molar-refractivity contribution is 5.93. The Labute approximate surface area is 121 Å². The van der Waals surface area contributed by atoms with Gasteiger partial charge in [0, 0.05) is 13.1 Å². The van der Waals surface area contributed by atoms with Gasteiger partial charge in [0.1, 0.15) is 11.4 Å². The minimum atomic E-state index is -0.285. The number of likely N-dealkylation sites (N-methyl/N-ethyl adjacent to an activating group) is 1. The first-order valence-corrected chi connectivity index (χ1v) is 6.94. The lowest BCUT2D eigenvalue weighted by molar-refractivity contribution is -0.140. The zero-order valence-corrected chi connectivity index (χ0v) is 12.7. The van der Waals surface area contributed by atoms with Gasteiger partial charge in [0.2, 0.25) is 0 Å². The van der Waals surface area contributed by atoms with E-state index in [-0.39, 0.29) is 5.97 Å². The topological polar surface area (TPSA) is 38.8 Å². The fourth-order valence-corrected chi connectivity index (χ4v) is 1.91. The molecule has 4 nitrogen and oxygen atoms in total. The molecule has 1 aromatic rings. The van der Waals surface area contributed by atoms with Crippen molar-refractivity contribution in [2.45, 2.75) is 20.8 Å². The van der Waals surface area contributed by atoms with Gasteiger partial charge in [-0.05, 0) is 44.5 Å². The summed E-state index contributed by atoms with van der Waals surface area (Å²) in [5.41, 5.74) is 1.53. The van der Waals surface area contributed by atoms with Crippen molar-refractivity contribution in [3.05, 3.63) is 35.5 Å². The summed E-state index contributed by atoms with van der Waals surface area (Å²) >= 11 is 0. The molecule has 0 aliphatic rings. The third-order valence-electron chi connectivity index (χ3n) is 3.01. The van der Waals surface area contributed by atoms with E-state index in [0.717, 1.165) is 24.4 Å². The van der Waals surface area contributed by atoms with Gasteiger partial charge in [-0.3, -0.25) is 0 Å². The van der Waals surface area contributed by atoms with Crippen LogP contribution in [0, 0.1) is 0 Å². The molecule has 0 spiro atoms. The van der Waals surface area contributed by atoms with Crippen LogP contribution < -0.4 is 4.74 Å². The Hall–Kier alpha value is -1.97. The first-order valence-electron chi connectivity index (χ1n) is 6.94. The van der Waals surface area contributed by atoms with Crippen molar-refractivity contribution in [1.82, 2.24) is 4.90 Å². The van der Waals surface area contributed by atoms with Crippen LogP contribution in [0.4, 0.5) is 0 Å². The van der Waals surface area contributed by atoms with Crippen LogP contribution in [0.5, 0.6) is 5.75 Å². The standard InChI is InChI=1S/C16H23NO3/c1-5-17(6-2)15(16(18)20-7-3)12-13-8-10-14(19-4)11-9-13/h8-12H,5-7H2,1-4H3. The lowest BCUT2D eigenvalue weighted by atomic mass is 10.1. The minimum Gasteiger partial charge on any atom is -0.497 e. The normalized spacial score (nSPS) is 11.1. The molecule has 0 aliphatic carbocycles. The summed E-state index contributed by atoms with van der Waals surface area (Å²) in [5, 5.41) is 0. The molecule has 0 radical (unpaired) electrons. The van der Waals surface area contributed by atoms with Gasteiger partial charge in [-0.15, -0.1) is 0 Å². The van der Waals surface area contributed by atoms with Crippen LogP contribution in [0.2, 0.25) is 0 Å². The lowest BCUT2D eigenvalue weighted by Gasteiger charge is -2.23. The molecular weight excluding hydrogens is 254 g/mol. The van der Waals surface area contributed by atoms with Gasteiger partial charge < -0.3 is 14.4 Å². The Morgan fingerprint density at radius 2 is 1.75 bits per heavy atom. The molecule has 0 N–H and O–H groups in total. The summed E-state index contributed by atoms with van der Waals surface area (Å²) in [7, 11) is 1.63. The monoisotopic (exact) mass is 277 g/mol. The third-order valence-corrected chi connectivity index (χ3v) is 3.01. The van der Waals surface area contributed by atoms with Crippen LogP contribution in [-0.2, 0) is 9.53 Å². The van der Waals surface area contributed by atoms with Gasteiger partial charge in [0.15, 0.2) is 0 Å². The predicted molar refractivity (Wildman–Crippen MR) is 80.5 cm³/mol. The van der Waals surface area contributed by atoms with Crippen molar-refractivity contribution >= 4 is 12.0 Å². The highest BCUT2D eigenvalue weighted by Gasteiger charge is 2.16. The summed E-state index contributed by atoms with van der Waals surface area (Å²) in [5.74, 6) is 0.509. The average Bonchev–Trinajstić information content (AvgIpc) is 2.48. The van der Waals surface area contributed by atoms with Gasteiger partial charge in [-0.1, -0.05) is 12.1 Å².